The van der Waals surface area contributed by atoms with Crippen molar-refractivity contribution in [2.45, 2.75) is 32.9 Å². The van der Waals surface area contributed by atoms with Crippen LogP contribution in [0.5, 0.6) is 0 Å². The maximum absolute atomic E-state index is 12.7. The van der Waals surface area contributed by atoms with Crippen molar-refractivity contribution in [2.24, 2.45) is 0 Å². The number of aromatic nitrogens is 2. The third-order valence-corrected chi connectivity index (χ3v) is 5.64. The predicted octanol–water partition coefficient (Wildman–Crippen LogP) is 1.32. The first-order valence-electron chi connectivity index (χ1n) is 10.0. The molecule has 1 atom stereocenters. The molecule has 9 nitrogen and oxygen atoms in total. The first-order chi connectivity index (χ1) is 14.9. The van der Waals surface area contributed by atoms with E-state index in [9.17, 15) is 14.7 Å². The van der Waals surface area contributed by atoms with Crippen LogP contribution in [0.1, 0.15) is 34.4 Å². The number of carbonyl (C=O) groups excluding carboxylic acids is 1. The molecular formula is C21H29N3O6S. The molecule has 0 aliphatic heterocycles. The fraction of sp³-hybridized carbons (Fsp3) is 0.571. The van der Waals surface area contributed by atoms with Gasteiger partial charge in [-0.1, -0.05) is 5.92 Å². The number of methoxy groups -OCH3 is 1. The summed E-state index contributed by atoms with van der Waals surface area (Å²) in [6.07, 6.45) is 5.15. The first kappa shape index (κ1) is 25.0. The van der Waals surface area contributed by atoms with Gasteiger partial charge in [-0.2, -0.15) is 0 Å². The molecule has 0 fully saturated rings. The van der Waals surface area contributed by atoms with Crippen LogP contribution in [-0.4, -0.2) is 78.7 Å². The smallest absolute Gasteiger partial charge is 0.348 e. The number of hydrogen-bond acceptors (Lipinski definition) is 9. The molecule has 10 heteroatoms. The summed E-state index contributed by atoms with van der Waals surface area (Å²) in [5.41, 5.74) is 0.260. The van der Waals surface area contributed by atoms with Crippen LogP contribution in [0.4, 0.5) is 0 Å². The van der Waals surface area contributed by atoms with Crippen LogP contribution in [0, 0.1) is 19.3 Å². The zero-order valence-electron chi connectivity index (χ0n) is 18.1. The number of esters is 1. The highest BCUT2D eigenvalue weighted by Crippen LogP contribution is 2.27. The van der Waals surface area contributed by atoms with E-state index in [0.29, 0.717) is 52.7 Å². The van der Waals surface area contributed by atoms with Gasteiger partial charge in [0.2, 0.25) is 0 Å². The number of carbonyl (C=O) groups is 1. The largest absolute Gasteiger partial charge is 0.462 e. The fourth-order valence-electron chi connectivity index (χ4n) is 3.14. The molecule has 170 valence electrons. The molecular weight excluding hydrogens is 422 g/mol. The summed E-state index contributed by atoms with van der Waals surface area (Å²) in [7, 11) is 1.63. The van der Waals surface area contributed by atoms with Crippen LogP contribution in [0.2, 0.25) is 0 Å². The number of fused-ring (bicyclic) bond motifs is 1. The Morgan fingerprint density at radius 2 is 2.23 bits per heavy atom. The van der Waals surface area contributed by atoms with Crippen molar-refractivity contribution < 1.29 is 24.1 Å². The second-order valence-electron chi connectivity index (χ2n) is 6.92. The molecule has 31 heavy (non-hydrogen) atoms. The molecule has 2 aromatic rings. The molecule has 0 bridgehead atoms. The highest BCUT2D eigenvalue weighted by Gasteiger charge is 2.21. The van der Waals surface area contributed by atoms with E-state index >= 15 is 0 Å². The molecule has 0 saturated carbocycles. The highest BCUT2D eigenvalue weighted by atomic mass is 32.1. The zero-order chi connectivity index (χ0) is 22.8. The lowest BCUT2D eigenvalue weighted by Gasteiger charge is -2.24. The van der Waals surface area contributed by atoms with Crippen LogP contribution in [0.3, 0.4) is 0 Å². The minimum atomic E-state index is -0.745. The average molecular weight is 452 g/mol. The Morgan fingerprint density at radius 1 is 1.45 bits per heavy atom. The predicted molar refractivity (Wildman–Crippen MR) is 118 cm³/mol. The normalized spacial score (nSPS) is 12.3. The second kappa shape index (κ2) is 12.5. The number of aliphatic hydroxyl groups is 1. The zero-order valence-corrected chi connectivity index (χ0v) is 18.9. The number of rotatable bonds is 13. The summed E-state index contributed by atoms with van der Waals surface area (Å²) in [5.74, 6) is 2.35. The van der Waals surface area contributed by atoms with Gasteiger partial charge < -0.3 is 24.3 Å². The monoisotopic (exact) mass is 451 g/mol. The molecule has 0 spiro atoms. The Labute approximate surface area is 185 Å². The van der Waals surface area contributed by atoms with Crippen molar-refractivity contribution in [3.63, 3.8) is 0 Å². The van der Waals surface area contributed by atoms with Crippen LogP contribution >= 0.6 is 11.3 Å². The van der Waals surface area contributed by atoms with E-state index in [1.807, 2.05) is 4.90 Å². The molecule has 0 unspecified atom stereocenters. The van der Waals surface area contributed by atoms with Gasteiger partial charge in [0.15, 0.2) is 0 Å². The Morgan fingerprint density at radius 3 is 2.90 bits per heavy atom. The molecule has 2 heterocycles. The summed E-state index contributed by atoms with van der Waals surface area (Å²) in [6.45, 7) is 5.76. The van der Waals surface area contributed by atoms with Gasteiger partial charge in [-0.05, 0) is 25.8 Å². The molecule has 0 amide bonds. The number of ether oxygens (including phenoxy) is 3. The summed E-state index contributed by atoms with van der Waals surface area (Å²) in [4.78, 5) is 35.0. The van der Waals surface area contributed by atoms with E-state index < -0.39 is 12.1 Å². The molecule has 0 aliphatic rings. The number of thiophene rings is 1. The molecule has 2 N–H and O–H groups in total. The van der Waals surface area contributed by atoms with Gasteiger partial charge in [-0.15, -0.1) is 17.8 Å². The quantitative estimate of drug-likeness (QED) is 0.266. The highest BCUT2D eigenvalue weighted by molar-refractivity contribution is 7.20. The number of nitrogens with one attached hydrogen (secondary N) is 1. The summed E-state index contributed by atoms with van der Waals surface area (Å²) in [6, 6.07) is 0. The average Bonchev–Trinajstić information content (AvgIpc) is 3.05. The Hall–Kier alpha value is -2.29. The summed E-state index contributed by atoms with van der Waals surface area (Å²) < 4.78 is 15.4. The van der Waals surface area contributed by atoms with Crippen molar-refractivity contribution in [2.75, 3.05) is 46.6 Å². The van der Waals surface area contributed by atoms with Crippen LogP contribution in [-0.2, 0) is 20.8 Å². The molecule has 0 aliphatic carbocycles. The topological polar surface area (TPSA) is 114 Å². The van der Waals surface area contributed by atoms with Crippen molar-refractivity contribution in [3.05, 3.63) is 26.6 Å². The van der Waals surface area contributed by atoms with Gasteiger partial charge in [0.05, 0.1) is 31.2 Å². The van der Waals surface area contributed by atoms with Crippen molar-refractivity contribution in [3.8, 4) is 12.3 Å². The molecule has 0 aromatic carbocycles. The minimum absolute atomic E-state index is 0.112. The van der Waals surface area contributed by atoms with E-state index in [0.717, 1.165) is 17.8 Å². The third kappa shape index (κ3) is 7.12. The maximum Gasteiger partial charge on any atom is 0.348 e. The number of aromatic amines is 1. The number of nitrogens with zero attached hydrogens (tertiary/aromatic N) is 2. The van der Waals surface area contributed by atoms with Crippen LogP contribution < -0.4 is 5.56 Å². The van der Waals surface area contributed by atoms with Gasteiger partial charge >= 0.3 is 5.97 Å². The number of aliphatic hydroxyl groups excluding tert-OH is 1. The van der Waals surface area contributed by atoms with Crippen molar-refractivity contribution >= 4 is 27.5 Å². The van der Waals surface area contributed by atoms with Crippen LogP contribution in [0.15, 0.2) is 4.79 Å². The summed E-state index contributed by atoms with van der Waals surface area (Å²) in [5, 5.41) is 10.6. The number of terminal acetylenes is 1. The Bertz CT molecular complexity index is 964. The van der Waals surface area contributed by atoms with Gasteiger partial charge in [0.25, 0.3) is 5.56 Å². The number of H-pyrrole nitrogens is 1. The molecule has 0 saturated heterocycles. The van der Waals surface area contributed by atoms with E-state index in [1.54, 1.807) is 21.0 Å². The van der Waals surface area contributed by atoms with Gasteiger partial charge in [0, 0.05) is 26.8 Å². The molecule has 0 radical (unpaired) electrons. The van der Waals surface area contributed by atoms with Gasteiger partial charge in [0.1, 0.15) is 22.1 Å². The second-order valence-corrected chi connectivity index (χ2v) is 7.92. The van der Waals surface area contributed by atoms with E-state index in [-0.39, 0.29) is 25.4 Å². The molecule has 2 rings (SSSR count). The van der Waals surface area contributed by atoms with Crippen LogP contribution in [0.25, 0.3) is 10.2 Å². The van der Waals surface area contributed by atoms with E-state index in [4.69, 9.17) is 20.6 Å². The lowest BCUT2D eigenvalue weighted by Crippen LogP contribution is -2.36. The SMILES string of the molecule is C#CCOC[C@H](O)CN(CCCOC)Cc1nc2sc(C(=O)OCC)c(C)c2c(=O)[nH]1. The lowest BCUT2D eigenvalue weighted by molar-refractivity contribution is 0.0239. The lowest BCUT2D eigenvalue weighted by atomic mass is 10.2. The van der Waals surface area contributed by atoms with E-state index in [2.05, 4.69) is 15.9 Å². The van der Waals surface area contributed by atoms with Crippen molar-refractivity contribution in [1.82, 2.24) is 14.9 Å². The fourth-order valence-corrected chi connectivity index (χ4v) is 4.23. The Kier molecular flexibility index (Phi) is 10.1. The third-order valence-electron chi connectivity index (χ3n) is 4.47. The molecule has 2 aromatic heterocycles. The minimum Gasteiger partial charge on any atom is -0.462 e. The van der Waals surface area contributed by atoms with E-state index in [1.165, 1.54) is 0 Å². The van der Waals surface area contributed by atoms with Gasteiger partial charge in [-0.3, -0.25) is 9.69 Å². The summed E-state index contributed by atoms with van der Waals surface area (Å²) >= 11 is 1.14. The van der Waals surface area contributed by atoms with Gasteiger partial charge in [-0.25, -0.2) is 9.78 Å². The Balaban J connectivity index is 2.22. The number of hydrogen-bond donors (Lipinski definition) is 2. The van der Waals surface area contributed by atoms with Crippen molar-refractivity contribution in [1.29, 1.82) is 0 Å². The first-order valence-corrected chi connectivity index (χ1v) is 10.8. The standard InChI is InChI=1S/C21H29N3O6S/c1-5-9-29-13-15(25)11-24(8-7-10-28-4)12-16-22-19(26)17-14(3)18(21(27)30-6-2)31-20(17)23-16/h1,15,25H,6-13H2,2-4H3,(H,22,23,26)/t15-/m1/s1. The number of aryl methyl sites for hydroxylation is 1. The maximum atomic E-state index is 12.7.